The molecule has 0 saturated carbocycles. The minimum atomic E-state index is -4.92. The number of amides is 1. The van der Waals surface area contributed by atoms with Gasteiger partial charge in [-0.25, -0.2) is 8.42 Å². The number of methoxy groups -OCH3 is 2. The van der Waals surface area contributed by atoms with E-state index in [4.69, 9.17) is 9.47 Å². The van der Waals surface area contributed by atoms with E-state index in [9.17, 15) is 26.4 Å². The Morgan fingerprint density at radius 2 is 1.88 bits per heavy atom. The van der Waals surface area contributed by atoms with E-state index in [2.05, 4.69) is 4.74 Å². The third kappa shape index (κ3) is 7.06. The molecule has 1 heterocycles. The van der Waals surface area contributed by atoms with Crippen LogP contribution in [-0.4, -0.2) is 83.0 Å². The first-order valence-electron chi connectivity index (χ1n) is 10.1. The van der Waals surface area contributed by atoms with Crippen LogP contribution in [0.1, 0.15) is 19.8 Å². The summed E-state index contributed by atoms with van der Waals surface area (Å²) in [6.45, 7) is 3.15. The predicted octanol–water partition coefficient (Wildman–Crippen LogP) is 2.50. The minimum absolute atomic E-state index is 0.0832. The van der Waals surface area contributed by atoms with E-state index in [0.717, 1.165) is 12.1 Å². The molecule has 32 heavy (non-hydrogen) atoms. The Morgan fingerprint density at radius 1 is 1.22 bits per heavy atom. The monoisotopic (exact) mass is 482 g/mol. The van der Waals surface area contributed by atoms with E-state index in [1.54, 1.807) is 19.1 Å². The smallest absolute Gasteiger partial charge is 0.406 e. The molecule has 1 saturated heterocycles. The van der Waals surface area contributed by atoms with Gasteiger partial charge in [0.2, 0.25) is 15.9 Å². The summed E-state index contributed by atoms with van der Waals surface area (Å²) in [5.74, 6) is -1.06. The van der Waals surface area contributed by atoms with Crippen molar-refractivity contribution < 1.29 is 40.6 Å². The highest BCUT2D eigenvalue weighted by molar-refractivity contribution is 7.89. The first kappa shape index (κ1) is 26.4. The van der Waals surface area contributed by atoms with Crippen molar-refractivity contribution in [2.45, 2.75) is 37.1 Å². The number of benzene rings is 1. The van der Waals surface area contributed by atoms with Crippen molar-refractivity contribution in [2.24, 2.45) is 5.92 Å². The lowest BCUT2D eigenvalue weighted by molar-refractivity contribution is -0.274. The van der Waals surface area contributed by atoms with Crippen molar-refractivity contribution >= 4 is 15.9 Å². The van der Waals surface area contributed by atoms with Crippen molar-refractivity contribution in [3.63, 3.8) is 0 Å². The van der Waals surface area contributed by atoms with Crippen molar-refractivity contribution in [3.05, 3.63) is 24.3 Å². The van der Waals surface area contributed by atoms with E-state index in [1.807, 2.05) is 6.92 Å². The summed E-state index contributed by atoms with van der Waals surface area (Å²) in [5, 5.41) is 0. The molecule has 0 aliphatic carbocycles. The van der Waals surface area contributed by atoms with Crippen LogP contribution in [0.3, 0.4) is 0 Å². The van der Waals surface area contributed by atoms with Gasteiger partial charge in [0.15, 0.2) is 0 Å². The fourth-order valence-electron chi connectivity index (χ4n) is 3.63. The SMILES string of the molecule is COCCN(C(=O)C1CCN(S(=O)(=O)c2cccc(OC(F)(F)F)c2)CC1)[C@@H](C)COC. The molecule has 0 radical (unpaired) electrons. The Hall–Kier alpha value is -1.89. The summed E-state index contributed by atoms with van der Waals surface area (Å²) >= 11 is 0. The molecule has 1 aliphatic rings. The second-order valence-corrected chi connectivity index (χ2v) is 9.47. The van der Waals surface area contributed by atoms with Gasteiger partial charge in [-0.1, -0.05) is 6.07 Å². The maximum absolute atomic E-state index is 13.0. The summed E-state index contributed by atoms with van der Waals surface area (Å²) < 4.78 is 78.4. The fraction of sp³-hybridized carbons (Fsp3) is 0.650. The average Bonchev–Trinajstić information content (AvgIpc) is 2.73. The Bertz CT molecular complexity index is 857. The molecule has 1 aromatic rings. The van der Waals surface area contributed by atoms with Crippen LogP contribution in [0.25, 0.3) is 0 Å². The second kappa shape index (κ2) is 11.3. The lowest BCUT2D eigenvalue weighted by Crippen LogP contribution is -2.49. The van der Waals surface area contributed by atoms with Gasteiger partial charge < -0.3 is 19.1 Å². The minimum Gasteiger partial charge on any atom is -0.406 e. The number of carbonyl (C=O) groups is 1. The van der Waals surface area contributed by atoms with Gasteiger partial charge in [-0.2, -0.15) is 4.31 Å². The van der Waals surface area contributed by atoms with Gasteiger partial charge in [-0.3, -0.25) is 4.79 Å². The fourth-order valence-corrected chi connectivity index (χ4v) is 5.13. The summed E-state index contributed by atoms with van der Waals surface area (Å²) in [6, 6.07) is 4.12. The standard InChI is InChI=1S/C20H29F3N2O6S/c1-15(14-30-3)25(11-12-29-2)19(26)16-7-9-24(10-8-16)32(27,28)18-6-4-5-17(13-18)31-20(21,22)23/h4-6,13,15-16H,7-12,14H2,1-3H3/t15-/m0/s1. The molecular weight excluding hydrogens is 453 g/mol. The van der Waals surface area contributed by atoms with E-state index < -0.39 is 22.1 Å². The van der Waals surface area contributed by atoms with Crippen LogP contribution in [0.15, 0.2) is 29.2 Å². The van der Waals surface area contributed by atoms with Crippen LogP contribution in [0.4, 0.5) is 13.2 Å². The summed E-state index contributed by atoms with van der Waals surface area (Å²) in [6.07, 6.45) is -4.31. The largest absolute Gasteiger partial charge is 0.573 e. The highest BCUT2D eigenvalue weighted by Crippen LogP contribution is 2.29. The first-order valence-corrected chi connectivity index (χ1v) is 11.6. The Kier molecular flexibility index (Phi) is 9.31. The van der Waals surface area contributed by atoms with Gasteiger partial charge in [0, 0.05) is 45.8 Å². The molecule has 0 N–H and O–H groups in total. The van der Waals surface area contributed by atoms with Gasteiger partial charge in [0.05, 0.1) is 24.2 Å². The Balaban J connectivity index is 2.07. The van der Waals surface area contributed by atoms with Crippen LogP contribution >= 0.6 is 0 Å². The van der Waals surface area contributed by atoms with Gasteiger partial charge >= 0.3 is 6.36 Å². The molecule has 1 aliphatic heterocycles. The van der Waals surface area contributed by atoms with Crippen LogP contribution in [0.2, 0.25) is 0 Å². The number of carbonyl (C=O) groups excluding carboxylic acids is 1. The molecule has 0 unspecified atom stereocenters. The number of piperidine rings is 1. The average molecular weight is 483 g/mol. The van der Waals surface area contributed by atoms with Crippen molar-refractivity contribution in [1.29, 1.82) is 0 Å². The summed E-state index contributed by atoms with van der Waals surface area (Å²) in [4.78, 5) is 14.4. The van der Waals surface area contributed by atoms with Crippen LogP contribution in [0, 0.1) is 5.92 Å². The molecular formula is C20H29F3N2O6S. The summed E-state index contributed by atoms with van der Waals surface area (Å²) in [7, 11) is -0.935. The molecule has 0 spiro atoms. The van der Waals surface area contributed by atoms with Gasteiger partial charge in [0.25, 0.3) is 0 Å². The highest BCUT2D eigenvalue weighted by Gasteiger charge is 2.36. The quantitative estimate of drug-likeness (QED) is 0.510. The maximum Gasteiger partial charge on any atom is 0.573 e. The number of alkyl halides is 3. The number of sulfonamides is 1. The molecule has 2 rings (SSSR count). The zero-order valence-electron chi connectivity index (χ0n) is 18.3. The molecule has 182 valence electrons. The molecule has 1 amide bonds. The lowest BCUT2D eigenvalue weighted by atomic mass is 9.96. The number of ether oxygens (including phenoxy) is 3. The van der Waals surface area contributed by atoms with Crippen molar-refractivity contribution in [3.8, 4) is 5.75 Å². The molecule has 1 aromatic carbocycles. The van der Waals surface area contributed by atoms with Gasteiger partial charge in [-0.05, 0) is 31.9 Å². The predicted molar refractivity (Wildman–Crippen MR) is 110 cm³/mol. The van der Waals surface area contributed by atoms with Crippen LogP contribution in [0.5, 0.6) is 5.75 Å². The zero-order valence-corrected chi connectivity index (χ0v) is 19.1. The normalized spacial score (nSPS) is 17.2. The van der Waals surface area contributed by atoms with E-state index in [1.165, 1.54) is 16.4 Å². The topological polar surface area (TPSA) is 85.4 Å². The number of nitrogens with zero attached hydrogens (tertiary/aromatic N) is 2. The third-order valence-electron chi connectivity index (χ3n) is 5.24. The summed E-state index contributed by atoms with van der Waals surface area (Å²) in [5.41, 5.74) is 0. The number of halogens is 3. The maximum atomic E-state index is 13.0. The molecule has 12 heteroatoms. The van der Waals surface area contributed by atoms with E-state index in [-0.39, 0.29) is 35.9 Å². The number of rotatable bonds is 10. The van der Waals surface area contributed by atoms with Crippen LogP contribution < -0.4 is 4.74 Å². The van der Waals surface area contributed by atoms with Gasteiger partial charge in [-0.15, -0.1) is 13.2 Å². The zero-order chi connectivity index (χ0) is 23.9. The second-order valence-electron chi connectivity index (χ2n) is 7.53. The molecule has 0 aromatic heterocycles. The van der Waals surface area contributed by atoms with Crippen molar-refractivity contribution in [2.75, 3.05) is 47.1 Å². The first-order chi connectivity index (χ1) is 15.0. The Morgan fingerprint density at radius 3 is 2.44 bits per heavy atom. The third-order valence-corrected chi connectivity index (χ3v) is 7.13. The van der Waals surface area contributed by atoms with Crippen LogP contribution in [-0.2, 0) is 24.3 Å². The van der Waals surface area contributed by atoms with Gasteiger partial charge in [0.1, 0.15) is 5.75 Å². The lowest BCUT2D eigenvalue weighted by Gasteiger charge is -2.36. The number of hydrogen-bond acceptors (Lipinski definition) is 6. The molecule has 1 fully saturated rings. The molecule has 8 nitrogen and oxygen atoms in total. The van der Waals surface area contributed by atoms with E-state index in [0.29, 0.717) is 32.6 Å². The number of hydrogen-bond donors (Lipinski definition) is 0. The Labute approximate surface area is 186 Å². The molecule has 0 bridgehead atoms. The van der Waals surface area contributed by atoms with E-state index >= 15 is 0 Å². The highest BCUT2D eigenvalue weighted by atomic mass is 32.2. The van der Waals surface area contributed by atoms with Crippen molar-refractivity contribution in [1.82, 2.24) is 9.21 Å². The molecule has 1 atom stereocenters.